The molecule has 0 amide bonds. The van der Waals surface area contributed by atoms with E-state index in [4.69, 9.17) is 33.2 Å². The van der Waals surface area contributed by atoms with Gasteiger partial charge in [0.25, 0.3) is 0 Å². The first-order valence-corrected chi connectivity index (χ1v) is 15.1. The number of aryl methyl sites for hydroxylation is 2. The zero-order valence-electron chi connectivity index (χ0n) is 23.5. The van der Waals surface area contributed by atoms with E-state index in [0.29, 0.717) is 28.7 Å². The van der Waals surface area contributed by atoms with Gasteiger partial charge in [0.15, 0.2) is 5.82 Å². The Morgan fingerprint density at radius 2 is 1.82 bits per heavy atom. The molecule has 1 aliphatic carbocycles. The summed E-state index contributed by atoms with van der Waals surface area (Å²) in [7, 11) is 0. The summed E-state index contributed by atoms with van der Waals surface area (Å²) in [6.45, 7) is 12.0. The Morgan fingerprint density at radius 3 is 2.49 bits per heavy atom. The molecule has 2 N–H and O–H groups in total. The maximum atomic E-state index is 11.5. The molecule has 2 aliphatic heterocycles. The van der Waals surface area contributed by atoms with Gasteiger partial charge in [0.1, 0.15) is 5.02 Å². The van der Waals surface area contributed by atoms with Crippen LogP contribution in [0.1, 0.15) is 75.2 Å². The first-order chi connectivity index (χ1) is 18.5. The molecule has 9 heteroatoms. The Labute approximate surface area is 242 Å². The fourth-order valence-electron chi connectivity index (χ4n) is 6.79. The normalized spacial score (nSPS) is 27.2. The smallest absolute Gasteiger partial charge is 0.309 e. The summed E-state index contributed by atoms with van der Waals surface area (Å²) < 4.78 is 0. The lowest BCUT2D eigenvalue weighted by atomic mass is 9.65. The van der Waals surface area contributed by atoms with Gasteiger partial charge >= 0.3 is 5.97 Å². The molecule has 212 valence electrons. The number of hydrogen-bond acceptors (Lipinski definition) is 6. The zero-order chi connectivity index (χ0) is 27.9. The van der Waals surface area contributed by atoms with E-state index in [2.05, 4.69) is 34.2 Å². The van der Waals surface area contributed by atoms with Crippen LogP contribution < -0.4 is 10.2 Å². The van der Waals surface area contributed by atoms with Crippen LogP contribution in [-0.2, 0) is 4.79 Å². The molecular weight excluding hydrogens is 533 g/mol. The minimum Gasteiger partial charge on any atom is -0.481 e. The zero-order valence-corrected chi connectivity index (χ0v) is 25.0. The molecule has 3 heterocycles. The van der Waals surface area contributed by atoms with Crippen LogP contribution in [0.15, 0.2) is 18.2 Å². The number of benzene rings is 1. The van der Waals surface area contributed by atoms with Gasteiger partial charge in [-0.3, -0.25) is 4.79 Å². The number of nitrogens with one attached hydrogen (secondary N) is 1. The van der Waals surface area contributed by atoms with Crippen molar-refractivity contribution in [3.8, 4) is 0 Å². The maximum Gasteiger partial charge on any atom is 0.309 e. The average Bonchev–Trinajstić information content (AvgIpc) is 2.89. The fraction of sp³-hybridized carbons (Fsp3) is 0.633. The fourth-order valence-corrected chi connectivity index (χ4v) is 7.33. The number of nitrogens with zero attached hydrogens (tertiary/aromatic N) is 4. The van der Waals surface area contributed by atoms with Gasteiger partial charge in [-0.05, 0) is 108 Å². The van der Waals surface area contributed by atoms with Crippen molar-refractivity contribution in [1.29, 1.82) is 0 Å². The number of carboxylic acids is 1. The second-order valence-electron chi connectivity index (χ2n) is 12.3. The molecule has 2 atom stereocenters. The van der Waals surface area contributed by atoms with Crippen LogP contribution in [0, 0.1) is 31.1 Å². The largest absolute Gasteiger partial charge is 0.481 e. The van der Waals surface area contributed by atoms with Crippen LogP contribution in [0.2, 0.25) is 10.0 Å². The first kappa shape index (κ1) is 28.4. The molecule has 3 fully saturated rings. The third kappa shape index (κ3) is 6.01. The van der Waals surface area contributed by atoms with Crippen LogP contribution in [0.25, 0.3) is 0 Å². The van der Waals surface area contributed by atoms with Crippen LogP contribution in [-0.4, -0.2) is 58.2 Å². The maximum absolute atomic E-state index is 11.5. The topological polar surface area (TPSA) is 81.6 Å². The summed E-state index contributed by atoms with van der Waals surface area (Å²) in [6, 6.07) is 6.47. The number of anilines is 2. The van der Waals surface area contributed by atoms with Crippen molar-refractivity contribution in [3.63, 3.8) is 0 Å². The van der Waals surface area contributed by atoms with Crippen molar-refractivity contribution in [2.45, 2.75) is 78.3 Å². The molecule has 7 nitrogen and oxygen atoms in total. The van der Waals surface area contributed by atoms with E-state index in [1.54, 1.807) is 0 Å². The third-order valence-electron chi connectivity index (χ3n) is 9.37. The molecule has 2 saturated heterocycles. The van der Waals surface area contributed by atoms with Gasteiger partial charge in [-0.1, -0.05) is 35.3 Å². The summed E-state index contributed by atoms with van der Waals surface area (Å²) >= 11 is 13.2. The molecule has 1 aromatic carbocycles. The number of rotatable bonds is 7. The summed E-state index contributed by atoms with van der Waals surface area (Å²) in [6.07, 6.45) is 6.29. The number of carboxylic acid groups (broad SMARTS) is 1. The minimum atomic E-state index is -0.651. The molecule has 0 unspecified atom stereocenters. The number of halogens is 2. The van der Waals surface area contributed by atoms with Gasteiger partial charge in [0.2, 0.25) is 5.95 Å². The summed E-state index contributed by atoms with van der Waals surface area (Å²) in [5.41, 5.74) is 2.38. The van der Waals surface area contributed by atoms with Crippen LogP contribution >= 0.6 is 23.2 Å². The Bertz CT molecular complexity index is 1210. The van der Waals surface area contributed by atoms with Crippen LogP contribution in [0.3, 0.4) is 0 Å². The molecule has 1 aromatic heterocycles. The number of carbonyl (C=O) groups is 1. The molecule has 2 aromatic rings. The van der Waals surface area contributed by atoms with Crippen LogP contribution in [0.4, 0.5) is 11.8 Å². The Hall–Kier alpha value is -2.09. The SMILES string of the molecule is Cc1ccc([C@@H](C)Nc2nc(N3CCC[C@H](C4CCN(C5CC(C)(C(=O)O)C5)CC4)C3)nc(C)c2Cl)c(Cl)c1. The van der Waals surface area contributed by atoms with Gasteiger partial charge < -0.3 is 20.2 Å². The second-order valence-corrected chi connectivity index (χ2v) is 13.1. The monoisotopic (exact) mass is 573 g/mol. The van der Waals surface area contributed by atoms with Crippen molar-refractivity contribution in [3.05, 3.63) is 45.1 Å². The number of likely N-dealkylation sites (tertiary alicyclic amines) is 1. The number of piperidine rings is 2. The molecule has 1 saturated carbocycles. The first-order valence-electron chi connectivity index (χ1n) is 14.3. The predicted octanol–water partition coefficient (Wildman–Crippen LogP) is 6.76. The lowest BCUT2D eigenvalue weighted by Gasteiger charge is -2.50. The average molecular weight is 575 g/mol. The van der Waals surface area contributed by atoms with E-state index in [0.717, 1.165) is 73.2 Å². The Balaban J connectivity index is 1.21. The highest BCUT2D eigenvalue weighted by Crippen LogP contribution is 2.45. The number of aromatic nitrogens is 2. The number of aliphatic carboxylic acids is 1. The summed E-state index contributed by atoms with van der Waals surface area (Å²) in [5, 5.41) is 14.2. The predicted molar refractivity (Wildman–Crippen MR) is 158 cm³/mol. The summed E-state index contributed by atoms with van der Waals surface area (Å²) in [5.74, 6) is 2.04. The van der Waals surface area contributed by atoms with Gasteiger partial charge in [-0.2, -0.15) is 4.98 Å². The molecule has 0 radical (unpaired) electrons. The Kier molecular flexibility index (Phi) is 8.33. The lowest BCUT2D eigenvalue weighted by molar-refractivity contribution is -0.158. The van der Waals surface area contributed by atoms with E-state index in [-0.39, 0.29) is 6.04 Å². The minimum absolute atomic E-state index is 0.0546. The Morgan fingerprint density at radius 1 is 1.10 bits per heavy atom. The number of hydrogen-bond donors (Lipinski definition) is 2. The van der Waals surface area contributed by atoms with E-state index >= 15 is 0 Å². The molecule has 3 aliphatic rings. The van der Waals surface area contributed by atoms with Gasteiger partial charge in [0, 0.05) is 24.2 Å². The molecular formula is C30H41Cl2N5O2. The molecule has 5 rings (SSSR count). The van der Waals surface area contributed by atoms with Crippen molar-refractivity contribution in [2.75, 3.05) is 36.4 Å². The van der Waals surface area contributed by atoms with Crippen molar-refractivity contribution in [2.24, 2.45) is 17.3 Å². The van der Waals surface area contributed by atoms with E-state index in [1.807, 2.05) is 26.8 Å². The van der Waals surface area contributed by atoms with E-state index in [9.17, 15) is 9.90 Å². The third-order valence-corrected chi connectivity index (χ3v) is 10.1. The van der Waals surface area contributed by atoms with Crippen molar-refractivity contribution < 1.29 is 9.90 Å². The second kappa shape index (κ2) is 11.4. The van der Waals surface area contributed by atoms with Gasteiger partial charge in [-0.15, -0.1) is 0 Å². The van der Waals surface area contributed by atoms with Gasteiger partial charge in [0.05, 0.1) is 17.2 Å². The van der Waals surface area contributed by atoms with Crippen molar-refractivity contribution >= 4 is 40.9 Å². The molecule has 0 bridgehead atoms. The summed E-state index contributed by atoms with van der Waals surface area (Å²) in [4.78, 5) is 26.1. The highest BCUT2D eigenvalue weighted by molar-refractivity contribution is 6.33. The van der Waals surface area contributed by atoms with Crippen LogP contribution in [0.5, 0.6) is 0 Å². The van der Waals surface area contributed by atoms with Crippen molar-refractivity contribution in [1.82, 2.24) is 14.9 Å². The van der Waals surface area contributed by atoms with E-state index in [1.165, 1.54) is 19.3 Å². The molecule has 0 spiro atoms. The highest BCUT2D eigenvalue weighted by Gasteiger charge is 2.49. The quantitative estimate of drug-likeness (QED) is 0.378. The molecule has 39 heavy (non-hydrogen) atoms. The standard InChI is InChI=1S/C30H41Cl2N5O2/c1-18-7-8-24(25(31)14-18)19(2)33-27-26(32)20(3)34-29(35-27)37-11-5-6-22(17-37)21-9-12-36(13-10-21)23-15-30(4,16-23)28(38)39/h7-8,14,19,21-23H,5-6,9-13,15-17H2,1-4H3,(H,38,39)(H,33,34,35)/t19-,22+,23?,30?/m1/s1. The lowest BCUT2D eigenvalue weighted by Crippen LogP contribution is -2.55. The van der Waals surface area contributed by atoms with Gasteiger partial charge in [-0.25, -0.2) is 4.98 Å². The highest BCUT2D eigenvalue weighted by atomic mass is 35.5. The van der Waals surface area contributed by atoms with E-state index < -0.39 is 11.4 Å².